The predicted octanol–water partition coefficient (Wildman–Crippen LogP) is 5.38. The fourth-order valence-electron chi connectivity index (χ4n) is 3.01. The zero-order chi connectivity index (χ0) is 15.6. The fourth-order valence-corrected chi connectivity index (χ4v) is 3.23. The molecule has 0 spiro atoms. The van der Waals surface area contributed by atoms with E-state index in [1.807, 2.05) is 0 Å². The minimum atomic E-state index is -4.42. The van der Waals surface area contributed by atoms with E-state index in [1.54, 1.807) is 0 Å². The van der Waals surface area contributed by atoms with Gasteiger partial charge in [0.2, 0.25) is 0 Å². The second-order valence-corrected chi connectivity index (χ2v) is 6.40. The molecule has 1 heterocycles. The fraction of sp³-hybridized carbons (Fsp3) is 0.667. The van der Waals surface area contributed by atoms with E-state index < -0.39 is 11.7 Å². The van der Waals surface area contributed by atoms with Crippen molar-refractivity contribution in [1.29, 1.82) is 0 Å². The maximum absolute atomic E-state index is 12.6. The van der Waals surface area contributed by atoms with Crippen LogP contribution in [-0.2, 0) is 6.18 Å². The molecule has 2 nitrogen and oxygen atoms in total. The molecule has 118 valence electrons. The lowest BCUT2D eigenvalue weighted by atomic mass is 9.78. The van der Waals surface area contributed by atoms with Gasteiger partial charge in [-0.25, -0.2) is 4.98 Å². The zero-order valence-corrected chi connectivity index (χ0v) is 12.9. The van der Waals surface area contributed by atoms with Gasteiger partial charge in [0.05, 0.1) is 10.6 Å². The summed E-state index contributed by atoms with van der Waals surface area (Å²) in [5, 5.41) is 3.27. The molecule has 0 aliphatic heterocycles. The van der Waals surface area contributed by atoms with Gasteiger partial charge in [0.1, 0.15) is 5.82 Å². The molecule has 1 saturated carbocycles. The van der Waals surface area contributed by atoms with Crippen LogP contribution in [0.1, 0.15) is 45.1 Å². The SMILES string of the molecule is CC(C)C1CCCCC1Nc1ncc(C(F)(F)F)cc1Cl. The number of rotatable bonds is 3. The summed E-state index contributed by atoms with van der Waals surface area (Å²) in [6, 6.07) is 1.16. The van der Waals surface area contributed by atoms with Gasteiger partial charge >= 0.3 is 6.18 Å². The second kappa shape index (κ2) is 6.42. The quantitative estimate of drug-likeness (QED) is 0.808. The lowest BCUT2D eigenvalue weighted by Gasteiger charge is -2.35. The van der Waals surface area contributed by atoms with Gasteiger partial charge in [-0.05, 0) is 30.7 Å². The third kappa shape index (κ3) is 4.02. The van der Waals surface area contributed by atoms with E-state index in [4.69, 9.17) is 11.6 Å². The van der Waals surface area contributed by atoms with Crippen LogP contribution in [0.15, 0.2) is 12.3 Å². The van der Waals surface area contributed by atoms with Gasteiger partial charge in [-0.1, -0.05) is 38.3 Å². The number of hydrogen-bond donors (Lipinski definition) is 1. The van der Waals surface area contributed by atoms with E-state index in [2.05, 4.69) is 24.1 Å². The van der Waals surface area contributed by atoms with Crippen LogP contribution in [0.2, 0.25) is 5.02 Å². The van der Waals surface area contributed by atoms with Gasteiger partial charge < -0.3 is 5.32 Å². The lowest BCUT2D eigenvalue weighted by molar-refractivity contribution is -0.137. The van der Waals surface area contributed by atoms with Crippen LogP contribution in [0.25, 0.3) is 0 Å². The van der Waals surface area contributed by atoms with Gasteiger partial charge in [0, 0.05) is 12.2 Å². The number of halogens is 4. The standard InChI is InChI=1S/C15H20ClF3N2/c1-9(2)11-5-3-4-6-13(11)21-14-12(16)7-10(8-20-14)15(17,18)19/h7-9,11,13H,3-6H2,1-2H3,(H,20,21). The van der Waals surface area contributed by atoms with Gasteiger partial charge in [-0.3, -0.25) is 0 Å². The van der Waals surface area contributed by atoms with Crippen molar-refractivity contribution in [3.63, 3.8) is 0 Å². The van der Waals surface area contributed by atoms with Crippen LogP contribution in [0.3, 0.4) is 0 Å². The highest BCUT2D eigenvalue weighted by Crippen LogP contribution is 2.35. The topological polar surface area (TPSA) is 24.9 Å². The van der Waals surface area contributed by atoms with Crippen molar-refractivity contribution in [1.82, 2.24) is 4.98 Å². The Hall–Kier alpha value is -0.970. The van der Waals surface area contributed by atoms with Crippen molar-refractivity contribution < 1.29 is 13.2 Å². The molecule has 2 unspecified atom stereocenters. The third-order valence-corrected chi connectivity index (χ3v) is 4.45. The molecule has 0 amide bonds. The Morgan fingerprint density at radius 3 is 2.52 bits per heavy atom. The van der Waals surface area contributed by atoms with Crippen LogP contribution in [0.5, 0.6) is 0 Å². The molecule has 1 aliphatic rings. The maximum Gasteiger partial charge on any atom is 0.417 e. The molecule has 1 aromatic heterocycles. The Bertz CT molecular complexity index is 488. The minimum absolute atomic E-state index is 0.0258. The van der Waals surface area contributed by atoms with Crippen molar-refractivity contribution >= 4 is 17.4 Å². The highest BCUT2D eigenvalue weighted by atomic mass is 35.5. The molecule has 0 radical (unpaired) electrons. The molecule has 21 heavy (non-hydrogen) atoms. The Morgan fingerprint density at radius 1 is 1.29 bits per heavy atom. The summed E-state index contributed by atoms with van der Waals surface area (Å²) in [4.78, 5) is 3.87. The molecule has 0 aromatic carbocycles. The van der Waals surface area contributed by atoms with Crippen LogP contribution in [0, 0.1) is 11.8 Å². The third-order valence-electron chi connectivity index (χ3n) is 4.17. The summed E-state index contributed by atoms with van der Waals surface area (Å²) >= 11 is 5.96. The van der Waals surface area contributed by atoms with Crippen molar-refractivity contribution in [2.45, 2.75) is 51.7 Å². The largest absolute Gasteiger partial charge is 0.417 e. The summed E-state index contributed by atoms with van der Waals surface area (Å²) in [6.07, 6.45) is 0.881. The highest BCUT2D eigenvalue weighted by Gasteiger charge is 2.32. The van der Waals surface area contributed by atoms with Gasteiger partial charge in [-0.2, -0.15) is 13.2 Å². The summed E-state index contributed by atoms with van der Waals surface area (Å²) in [5.74, 6) is 1.37. The number of aromatic nitrogens is 1. The predicted molar refractivity (Wildman–Crippen MR) is 78.5 cm³/mol. The van der Waals surface area contributed by atoms with Crippen molar-refractivity contribution in [3.8, 4) is 0 Å². The monoisotopic (exact) mass is 320 g/mol. The first kappa shape index (κ1) is 16.4. The zero-order valence-electron chi connectivity index (χ0n) is 12.2. The molecular formula is C15H20ClF3N2. The van der Waals surface area contributed by atoms with E-state index in [0.29, 0.717) is 17.7 Å². The van der Waals surface area contributed by atoms with E-state index >= 15 is 0 Å². The summed E-state index contributed by atoms with van der Waals surface area (Å²) in [6.45, 7) is 4.35. The Kier molecular flexibility index (Phi) is 5.02. The van der Waals surface area contributed by atoms with E-state index in [1.165, 1.54) is 6.42 Å². The molecule has 2 atom stereocenters. The number of pyridine rings is 1. The van der Waals surface area contributed by atoms with Crippen molar-refractivity contribution in [3.05, 3.63) is 22.8 Å². The number of hydrogen-bond acceptors (Lipinski definition) is 2. The molecule has 1 aliphatic carbocycles. The number of anilines is 1. The number of alkyl halides is 3. The number of nitrogens with zero attached hydrogens (tertiary/aromatic N) is 1. The summed E-state index contributed by atoms with van der Waals surface area (Å²) in [7, 11) is 0. The molecule has 1 N–H and O–H groups in total. The molecule has 1 aromatic rings. The Morgan fingerprint density at radius 2 is 1.95 bits per heavy atom. The Labute approximate surface area is 128 Å². The van der Waals surface area contributed by atoms with E-state index in [0.717, 1.165) is 31.5 Å². The molecular weight excluding hydrogens is 301 g/mol. The summed E-state index contributed by atoms with van der Waals surface area (Å²) in [5.41, 5.74) is -0.817. The molecule has 0 bridgehead atoms. The molecule has 2 rings (SSSR count). The van der Waals surface area contributed by atoms with Crippen LogP contribution in [0.4, 0.5) is 19.0 Å². The number of nitrogens with one attached hydrogen (secondary N) is 1. The highest BCUT2D eigenvalue weighted by molar-refractivity contribution is 6.33. The maximum atomic E-state index is 12.6. The van der Waals surface area contributed by atoms with Gasteiger partial charge in [0.25, 0.3) is 0 Å². The summed E-state index contributed by atoms with van der Waals surface area (Å²) < 4.78 is 37.8. The van der Waals surface area contributed by atoms with Crippen LogP contribution >= 0.6 is 11.6 Å². The normalized spacial score (nSPS) is 23.4. The molecule has 0 saturated heterocycles. The second-order valence-electron chi connectivity index (χ2n) is 6.00. The van der Waals surface area contributed by atoms with Gasteiger partial charge in [0.15, 0.2) is 0 Å². The average Bonchev–Trinajstić information content (AvgIpc) is 2.40. The first-order chi connectivity index (χ1) is 9.79. The smallest absolute Gasteiger partial charge is 0.366 e. The van der Waals surface area contributed by atoms with Gasteiger partial charge in [-0.15, -0.1) is 0 Å². The van der Waals surface area contributed by atoms with Crippen LogP contribution in [-0.4, -0.2) is 11.0 Å². The Balaban J connectivity index is 2.15. The first-order valence-electron chi connectivity index (χ1n) is 7.28. The van der Waals surface area contributed by atoms with E-state index in [-0.39, 0.29) is 11.1 Å². The van der Waals surface area contributed by atoms with Crippen LogP contribution < -0.4 is 5.32 Å². The first-order valence-corrected chi connectivity index (χ1v) is 7.66. The molecule has 6 heteroatoms. The van der Waals surface area contributed by atoms with Crippen molar-refractivity contribution in [2.75, 3.05) is 5.32 Å². The minimum Gasteiger partial charge on any atom is -0.366 e. The van der Waals surface area contributed by atoms with E-state index in [9.17, 15) is 13.2 Å². The molecule has 1 fully saturated rings. The lowest BCUT2D eigenvalue weighted by Crippen LogP contribution is -2.35. The average molecular weight is 321 g/mol. The van der Waals surface area contributed by atoms with Crippen molar-refractivity contribution in [2.24, 2.45) is 11.8 Å².